The molecule has 2 N–H and O–H groups in total. The molecule has 4 nitrogen and oxygen atoms in total. The van der Waals surface area contributed by atoms with Crippen LogP contribution in [0, 0.1) is 5.92 Å². The molecule has 0 bridgehead atoms. The number of fused-ring (bicyclic) bond motifs is 1. The van der Waals surface area contributed by atoms with Crippen molar-refractivity contribution in [3.05, 3.63) is 48.0 Å². The van der Waals surface area contributed by atoms with E-state index in [2.05, 4.69) is 40.5 Å². The molecule has 1 fully saturated rings. The molecule has 1 aliphatic rings. The summed E-state index contributed by atoms with van der Waals surface area (Å²) in [6.07, 6.45) is 0.645. The highest BCUT2D eigenvalue weighted by Gasteiger charge is 2.32. The fraction of sp³-hybridized carbons (Fsp3) is 0.476. The fourth-order valence-electron chi connectivity index (χ4n) is 3.62. The Labute approximate surface area is 149 Å². The van der Waals surface area contributed by atoms with Gasteiger partial charge in [0, 0.05) is 6.54 Å². The molecule has 4 heteroatoms. The smallest absolute Gasteiger partial charge is 0.237 e. The highest BCUT2D eigenvalue weighted by molar-refractivity contribution is 5.84. The van der Waals surface area contributed by atoms with Crippen LogP contribution in [0.1, 0.15) is 38.8 Å². The zero-order valence-electron chi connectivity index (χ0n) is 15.3. The van der Waals surface area contributed by atoms with Crippen molar-refractivity contribution in [2.24, 2.45) is 5.92 Å². The van der Waals surface area contributed by atoms with Crippen LogP contribution in [0.3, 0.4) is 0 Å². The average molecular weight is 340 g/mol. The molecule has 0 spiro atoms. The highest BCUT2D eigenvalue weighted by Crippen LogP contribution is 2.23. The van der Waals surface area contributed by atoms with Crippen molar-refractivity contribution in [1.82, 2.24) is 10.2 Å². The third kappa shape index (κ3) is 4.02. The number of amides is 1. The number of nitrogens with one attached hydrogen (secondary N) is 1. The molecule has 0 aromatic heterocycles. The first kappa shape index (κ1) is 17.9. The Morgan fingerprint density at radius 2 is 1.88 bits per heavy atom. The van der Waals surface area contributed by atoms with E-state index in [1.54, 1.807) is 0 Å². The van der Waals surface area contributed by atoms with E-state index in [1.807, 2.05) is 32.9 Å². The highest BCUT2D eigenvalue weighted by atomic mass is 16.3. The number of benzene rings is 2. The van der Waals surface area contributed by atoms with Crippen LogP contribution in [-0.2, 0) is 4.79 Å². The Hall–Kier alpha value is -1.91. The van der Waals surface area contributed by atoms with Gasteiger partial charge in [-0.05, 0) is 62.1 Å². The van der Waals surface area contributed by atoms with Crippen LogP contribution in [-0.4, -0.2) is 41.1 Å². The van der Waals surface area contributed by atoms with Crippen LogP contribution >= 0.6 is 0 Å². The first-order valence-corrected chi connectivity index (χ1v) is 9.17. The Kier molecular flexibility index (Phi) is 5.40. The zero-order chi connectivity index (χ0) is 18.0. The van der Waals surface area contributed by atoms with Crippen LogP contribution in [0.5, 0.6) is 0 Å². The van der Waals surface area contributed by atoms with Crippen LogP contribution in [0.4, 0.5) is 0 Å². The van der Waals surface area contributed by atoms with Crippen molar-refractivity contribution >= 4 is 16.7 Å². The normalized spacial score (nSPS) is 21.8. The van der Waals surface area contributed by atoms with E-state index in [1.165, 1.54) is 10.8 Å². The van der Waals surface area contributed by atoms with Crippen molar-refractivity contribution in [2.75, 3.05) is 13.1 Å². The van der Waals surface area contributed by atoms with E-state index < -0.39 is 0 Å². The van der Waals surface area contributed by atoms with E-state index in [4.69, 9.17) is 0 Å². The minimum Gasteiger partial charge on any atom is -0.393 e. The summed E-state index contributed by atoms with van der Waals surface area (Å²) >= 11 is 0. The SMILES string of the molecule is CC(NC(=O)C(C)N1CCC(C(C)O)C1)c1ccc2ccccc2c1. The molecule has 1 heterocycles. The number of hydrogen-bond donors (Lipinski definition) is 2. The van der Waals surface area contributed by atoms with Crippen molar-refractivity contribution in [2.45, 2.75) is 45.4 Å². The Morgan fingerprint density at radius 3 is 2.56 bits per heavy atom. The molecule has 0 radical (unpaired) electrons. The van der Waals surface area contributed by atoms with E-state index >= 15 is 0 Å². The predicted octanol–water partition coefficient (Wildman–Crippen LogP) is 3.11. The minimum absolute atomic E-state index is 0.0327. The number of rotatable bonds is 5. The minimum atomic E-state index is -0.309. The van der Waals surface area contributed by atoms with Crippen molar-refractivity contribution < 1.29 is 9.90 Å². The molecule has 2 aromatic carbocycles. The molecule has 3 rings (SSSR count). The monoisotopic (exact) mass is 340 g/mol. The number of carbonyl (C=O) groups is 1. The van der Waals surface area contributed by atoms with E-state index in [0.717, 1.165) is 25.1 Å². The fourth-order valence-corrected chi connectivity index (χ4v) is 3.62. The summed E-state index contributed by atoms with van der Waals surface area (Å²) in [5, 5.41) is 15.3. The van der Waals surface area contributed by atoms with Gasteiger partial charge in [-0.15, -0.1) is 0 Å². The molecular weight excluding hydrogens is 312 g/mol. The number of nitrogens with zero attached hydrogens (tertiary/aromatic N) is 1. The lowest BCUT2D eigenvalue weighted by molar-refractivity contribution is -0.126. The van der Waals surface area contributed by atoms with E-state index in [9.17, 15) is 9.90 Å². The number of aliphatic hydroxyl groups is 1. The van der Waals surface area contributed by atoms with Gasteiger partial charge in [0.15, 0.2) is 0 Å². The standard InChI is InChI=1S/C21H28N2O2/c1-14(18-9-8-17-6-4-5-7-19(17)12-18)22-21(25)15(2)23-11-10-20(13-23)16(3)24/h4-9,12,14-16,20,24H,10-11,13H2,1-3H3,(H,22,25). The molecule has 1 saturated heterocycles. The summed E-state index contributed by atoms with van der Waals surface area (Å²) in [5.41, 5.74) is 1.11. The summed E-state index contributed by atoms with van der Waals surface area (Å²) in [6.45, 7) is 7.47. The van der Waals surface area contributed by atoms with Crippen LogP contribution in [0.15, 0.2) is 42.5 Å². The van der Waals surface area contributed by atoms with Gasteiger partial charge in [-0.25, -0.2) is 0 Å². The van der Waals surface area contributed by atoms with Gasteiger partial charge in [0.05, 0.1) is 18.2 Å². The van der Waals surface area contributed by atoms with Gasteiger partial charge in [0.1, 0.15) is 0 Å². The molecule has 0 aliphatic carbocycles. The molecule has 134 valence electrons. The summed E-state index contributed by atoms with van der Waals surface area (Å²) in [6, 6.07) is 14.4. The number of hydrogen-bond acceptors (Lipinski definition) is 3. The summed E-state index contributed by atoms with van der Waals surface area (Å²) in [7, 11) is 0. The maximum atomic E-state index is 12.6. The van der Waals surface area contributed by atoms with Gasteiger partial charge in [0.25, 0.3) is 0 Å². The lowest BCUT2D eigenvalue weighted by Crippen LogP contribution is -2.45. The average Bonchev–Trinajstić information content (AvgIpc) is 3.11. The second-order valence-electron chi connectivity index (χ2n) is 7.30. The lowest BCUT2D eigenvalue weighted by Gasteiger charge is -2.26. The van der Waals surface area contributed by atoms with E-state index in [0.29, 0.717) is 0 Å². The predicted molar refractivity (Wildman–Crippen MR) is 101 cm³/mol. The van der Waals surface area contributed by atoms with Gasteiger partial charge < -0.3 is 10.4 Å². The van der Waals surface area contributed by atoms with Crippen molar-refractivity contribution in [3.63, 3.8) is 0 Å². The topological polar surface area (TPSA) is 52.6 Å². The van der Waals surface area contributed by atoms with Gasteiger partial charge in [-0.1, -0.05) is 36.4 Å². The molecule has 4 atom stereocenters. The zero-order valence-corrected chi connectivity index (χ0v) is 15.3. The molecule has 2 aromatic rings. The maximum Gasteiger partial charge on any atom is 0.237 e. The van der Waals surface area contributed by atoms with Crippen LogP contribution < -0.4 is 5.32 Å². The second kappa shape index (κ2) is 7.54. The molecule has 4 unspecified atom stereocenters. The Balaban J connectivity index is 1.63. The van der Waals surface area contributed by atoms with Crippen LogP contribution in [0.25, 0.3) is 10.8 Å². The largest absolute Gasteiger partial charge is 0.393 e. The van der Waals surface area contributed by atoms with Gasteiger partial charge in [-0.3, -0.25) is 9.69 Å². The van der Waals surface area contributed by atoms with Gasteiger partial charge in [0.2, 0.25) is 5.91 Å². The maximum absolute atomic E-state index is 12.6. The van der Waals surface area contributed by atoms with E-state index in [-0.39, 0.29) is 30.0 Å². The molecular formula is C21H28N2O2. The quantitative estimate of drug-likeness (QED) is 0.879. The first-order chi connectivity index (χ1) is 12.0. The van der Waals surface area contributed by atoms with Gasteiger partial charge in [-0.2, -0.15) is 0 Å². The number of likely N-dealkylation sites (tertiary alicyclic amines) is 1. The third-order valence-corrected chi connectivity index (χ3v) is 5.50. The second-order valence-corrected chi connectivity index (χ2v) is 7.30. The Morgan fingerprint density at radius 1 is 1.16 bits per heavy atom. The molecule has 1 aliphatic heterocycles. The van der Waals surface area contributed by atoms with Crippen LogP contribution in [0.2, 0.25) is 0 Å². The number of carbonyl (C=O) groups excluding carboxylic acids is 1. The third-order valence-electron chi connectivity index (χ3n) is 5.50. The molecule has 25 heavy (non-hydrogen) atoms. The summed E-state index contributed by atoms with van der Waals surface area (Å²) in [4.78, 5) is 14.8. The van der Waals surface area contributed by atoms with Crippen molar-refractivity contribution in [1.29, 1.82) is 0 Å². The van der Waals surface area contributed by atoms with Crippen molar-refractivity contribution in [3.8, 4) is 0 Å². The molecule has 0 saturated carbocycles. The first-order valence-electron chi connectivity index (χ1n) is 9.17. The molecule has 1 amide bonds. The Bertz CT molecular complexity index is 744. The number of aliphatic hydroxyl groups excluding tert-OH is 1. The lowest BCUT2D eigenvalue weighted by atomic mass is 10.0. The van der Waals surface area contributed by atoms with Gasteiger partial charge >= 0.3 is 0 Å². The summed E-state index contributed by atoms with van der Waals surface area (Å²) in [5.74, 6) is 0.320. The summed E-state index contributed by atoms with van der Waals surface area (Å²) < 4.78 is 0.